The highest BCUT2D eigenvalue weighted by atomic mass is 35.5. The number of allylic oxidation sites excluding steroid dienone is 1. The lowest BCUT2D eigenvalue weighted by atomic mass is 10.1. The topological polar surface area (TPSA) is 66.4 Å². The standard InChI is InChI=1S/C18H14ClNO3/c19-16-12-13(6-8-14(16)9-11-18(22)20-23)7-10-17(21)15-4-2-1-3-5-15/h1-12,23H,(H,20,22). The van der Waals surface area contributed by atoms with Gasteiger partial charge in [-0.1, -0.05) is 60.1 Å². The van der Waals surface area contributed by atoms with Crippen LogP contribution in [-0.2, 0) is 4.79 Å². The largest absolute Gasteiger partial charge is 0.289 e. The van der Waals surface area contributed by atoms with Gasteiger partial charge in [0.25, 0.3) is 5.91 Å². The summed E-state index contributed by atoms with van der Waals surface area (Å²) in [5, 5.41) is 8.85. The molecule has 0 unspecified atom stereocenters. The van der Waals surface area contributed by atoms with E-state index in [9.17, 15) is 9.59 Å². The molecule has 2 aromatic carbocycles. The van der Waals surface area contributed by atoms with Crippen LogP contribution < -0.4 is 5.48 Å². The number of hydrogen-bond acceptors (Lipinski definition) is 3. The number of carbonyl (C=O) groups is 2. The molecule has 0 saturated heterocycles. The minimum atomic E-state index is -0.640. The third kappa shape index (κ3) is 4.92. The van der Waals surface area contributed by atoms with E-state index in [2.05, 4.69) is 0 Å². The van der Waals surface area contributed by atoms with Gasteiger partial charge in [-0.25, -0.2) is 5.48 Å². The SMILES string of the molecule is O=C(C=Cc1ccc(C=CC(=O)c2ccccc2)cc1Cl)NO. The zero-order valence-electron chi connectivity index (χ0n) is 12.1. The van der Waals surface area contributed by atoms with Crippen LogP contribution in [-0.4, -0.2) is 16.9 Å². The number of ketones is 1. The van der Waals surface area contributed by atoms with Crippen LogP contribution in [0.15, 0.2) is 60.7 Å². The van der Waals surface area contributed by atoms with Crippen molar-refractivity contribution < 1.29 is 14.8 Å². The number of hydrogen-bond donors (Lipinski definition) is 2. The minimum absolute atomic E-state index is 0.0923. The Morgan fingerprint density at radius 2 is 1.74 bits per heavy atom. The molecular weight excluding hydrogens is 314 g/mol. The monoisotopic (exact) mass is 327 g/mol. The molecule has 0 saturated carbocycles. The second kappa shape index (κ2) is 8.08. The van der Waals surface area contributed by atoms with E-state index < -0.39 is 5.91 Å². The summed E-state index contributed by atoms with van der Waals surface area (Å²) in [6.45, 7) is 0. The molecule has 4 nitrogen and oxygen atoms in total. The predicted molar refractivity (Wildman–Crippen MR) is 90.2 cm³/mol. The van der Waals surface area contributed by atoms with Gasteiger partial charge in [-0.05, 0) is 29.3 Å². The van der Waals surface area contributed by atoms with Crippen LogP contribution in [0.3, 0.4) is 0 Å². The summed E-state index contributed by atoms with van der Waals surface area (Å²) >= 11 is 6.12. The average Bonchev–Trinajstić information content (AvgIpc) is 2.59. The van der Waals surface area contributed by atoms with Crippen LogP contribution in [0, 0.1) is 0 Å². The van der Waals surface area contributed by atoms with Gasteiger partial charge < -0.3 is 0 Å². The van der Waals surface area contributed by atoms with Crippen molar-refractivity contribution in [1.29, 1.82) is 0 Å². The van der Waals surface area contributed by atoms with E-state index >= 15 is 0 Å². The van der Waals surface area contributed by atoms with E-state index in [1.54, 1.807) is 36.4 Å². The maximum Gasteiger partial charge on any atom is 0.267 e. The Kier molecular flexibility index (Phi) is 5.86. The molecule has 0 atom stereocenters. The van der Waals surface area contributed by atoms with Gasteiger partial charge in [0.05, 0.1) is 0 Å². The minimum Gasteiger partial charge on any atom is -0.289 e. The normalized spacial score (nSPS) is 11.0. The molecule has 0 aliphatic rings. The van der Waals surface area contributed by atoms with E-state index in [4.69, 9.17) is 16.8 Å². The predicted octanol–water partition coefficient (Wildman–Crippen LogP) is 3.75. The first kappa shape index (κ1) is 16.7. The molecule has 0 radical (unpaired) electrons. The van der Waals surface area contributed by atoms with E-state index in [0.29, 0.717) is 16.1 Å². The Labute approximate surface area is 138 Å². The third-order valence-corrected chi connectivity index (χ3v) is 3.36. The van der Waals surface area contributed by atoms with Crippen molar-refractivity contribution >= 4 is 35.4 Å². The molecule has 0 aromatic heterocycles. The van der Waals surface area contributed by atoms with Gasteiger partial charge >= 0.3 is 0 Å². The molecule has 23 heavy (non-hydrogen) atoms. The van der Waals surface area contributed by atoms with Crippen molar-refractivity contribution in [2.75, 3.05) is 0 Å². The number of rotatable bonds is 5. The third-order valence-electron chi connectivity index (χ3n) is 3.03. The number of benzene rings is 2. The van der Waals surface area contributed by atoms with Crippen LogP contribution in [0.4, 0.5) is 0 Å². The Morgan fingerprint density at radius 3 is 2.39 bits per heavy atom. The summed E-state index contributed by atoms with van der Waals surface area (Å²) in [7, 11) is 0. The number of carbonyl (C=O) groups excluding carboxylic acids is 2. The second-order valence-electron chi connectivity index (χ2n) is 4.65. The van der Waals surface area contributed by atoms with Gasteiger partial charge in [-0.3, -0.25) is 14.8 Å². The number of amides is 1. The molecule has 0 bridgehead atoms. The Bertz CT molecular complexity index is 767. The van der Waals surface area contributed by atoms with E-state index in [1.165, 1.54) is 17.6 Å². The van der Waals surface area contributed by atoms with Crippen molar-refractivity contribution in [3.63, 3.8) is 0 Å². The lowest BCUT2D eigenvalue weighted by Crippen LogP contribution is -2.14. The smallest absolute Gasteiger partial charge is 0.267 e. The summed E-state index contributed by atoms with van der Waals surface area (Å²) in [4.78, 5) is 22.9. The molecule has 2 rings (SSSR count). The van der Waals surface area contributed by atoms with E-state index in [1.807, 2.05) is 18.2 Å². The quantitative estimate of drug-likeness (QED) is 0.380. The maximum absolute atomic E-state index is 12.0. The molecular formula is C18H14ClNO3. The van der Waals surface area contributed by atoms with E-state index in [0.717, 1.165) is 11.6 Å². The number of halogens is 1. The van der Waals surface area contributed by atoms with Crippen LogP contribution in [0.25, 0.3) is 12.2 Å². The molecule has 1 amide bonds. The molecule has 0 aliphatic carbocycles. The summed E-state index contributed by atoms with van der Waals surface area (Å²) in [5.41, 5.74) is 3.51. The van der Waals surface area contributed by atoms with Gasteiger partial charge in [0.2, 0.25) is 0 Å². The van der Waals surface area contributed by atoms with Gasteiger partial charge in [-0.15, -0.1) is 0 Å². The first-order valence-electron chi connectivity index (χ1n) is 6.79. The van der Waals surface area contributed by atoms with Gasteiger partial charge in [-0.2, -0.15) is 0 Å². The highest BCUT2D eigenvalue weighted by Gasteiger charge is 2.01. The summed E-state index contributed by atoms with van der Waals surface area (Å²) in [5.74, 6) is -0.733. The first-order valence-corrected chi connectivity index (χ1v) is 7.17. The first-order chi connectivity index (χ1) is 11.1. The lowest BCUT2D eigenvalue weighted by Gasteiger charge is -2.00. The van der Waals surface area contributed by atoms with Gasteiger partial charge in [0, 0.05) is 16.7 Å². The fourth-order valence-corrected chi connectivity index (χ4v) is 2.11. The summed E-state index contributed by atoms with van der Waals surface area (Å²) in [6, 6.07) is 14.1. The van der Waals surface area contributed by atoms with Crippen LogP contribution >= 0.6 is 11.6 Å². The Balaban J connectivity index is 2.11. The van der Waals surface area contributed by atoms with Gasteiger partial charge in [0.1, 0.15) is 0 Å². The highest BCUT2D eigenvalue weighted by molar-refractivity contribution is 6.32. The fourth-order valence-electron chi connectivity index (χ4n) is 1.86. The summed E-state index contributed by atoms with van der Waals surface area (Å²) < 4.78 is 0. The van der Waals surface area contributed by atoms with Crippen molar-refractivity contribution in [2.24, 2.45) is 0 Å². The fraction of sp³-hybridized carbons (Fsp3) is 0. The average molecular weight is 328 g/mol. The van der Waals surface area contributed by atoms with Gasteiger partial charge in [0.15, 0.2) is 5.78 Å². The molecule has 2 N–H and O–H groups in total. The van der Waals surface area contributed by atoms with Crippen LogP contribution in [0.2, 0.25) is 5.02 Å². The highest BCUT2D eigenvalue weighted by Crippen LogP contribution is 2.20. The van der Waals surface area contributed by atoms with Crippen molar-refractivity contribution in [1.82, 2.24) is 5.48 Å². The zero-order valence-corrected chi connectivity index (χ0v) is 12.8. The lowest BCUT2D eigenvalue weighted by molar-refractivity contribution is -0.124. The van der Waals surface area contributed by atoms with Crippen molar-refractivity contribution in [2.45, 2.75) is 0 Å². The zero-order chi connectivity index (χ0) is 16.7. The molecule has 0 aliphatic heterocycles. The van der Waals surface area contributed by atoms with E-state index in [-0.39, 0.29) is 5.78 Å². The van der Waals surface area contributed by atoms with Crippen molar-refractivity contribution in [3.05, 3.63) is 82.4 Å². The number of hydroxylamine groups is 1. The molecule has 5 heteroatoms. The second-order valence-corrected chi connectivity index (χ2v) is 5.06. The van der Waals surface area contributed by atoms with Crippen LogP contribution in [0.1, 0.15) is 21.5 Å². The molecule has 2 aromatic rings. The Hall–Kier alpha value is -2.69. The molecule has 0 heterocycles. The molecule has 0 fully saturated rings. The summed E-state index contributed by atoms with van der Waals surface area (Å²) in [6.07, 6.45) is 5.80. The maximum atomic E-state index is 12.0. The molecule has 0 spiro atoms. The van der Waals surface area contributed by atoms with Crippen molar-refractivity contribution in [3.8, 4) is 0 Å². The Morgan fingerprint density at radius 1 is 1.00 bits per heavy atom. The number of nitrogens with one attached hydrogen (secondary N) is 1. The molecule has 116 valence electrons. The van der Waals surface area contributed by atoms with Crippen LogP contribution in [0.5, 0.6) is 0 Å².